The maximum atomic E-state index is 14.0. The largest absolute Gasteiger partial charge is 0.494 e. The molecule has 0 amide bonds. The summed E-state index contributed by atoms with van der Waals surface area (Å²) in [5, 5.41) is 5.59. The van der Waals surface area contributed by atoms with Crippen molar-refractivity contribution in [3.8, 4) is 22.7 Å². The third-order valence-electron chi connectivity index (χ3n) is 3.50. The minimum atomic E-state index is -1.55. The van der Waals surface area contributed by atoms with E-state index in [9.17, 15) is 8.60 Å². The molecule has 0 spiro atoms. The average Bonchev–Trinajstić information content (AvgIpc) is 2.96. The van der Waals surface area contributed by atoms with Crippen molar-refractivity contribution in [3.63, 3.8) is 0 Å². The van der Waals surface area contributed by atoms with Crippen molar-refractivity contribution in [1.29, 1.82) is 0 Å². The Morgan fingerprint density at radius 1 is 1.25 bits per heavy atom. The lowest BCUT2D eigenvalue weighted by atomic mass is 10.1. The molecule has 24 heavy (non-hydrogen) atoms. The van der Waals surface area contributed by atoms with Crippen LogP contribution in [0.15, 0.2) is 53.7 Å². The summed E-state index contributed by atoms with van der Waals surface area (Å²) < 4.78 is 31.9. The number of methoxy groups -OCH3 is 1. The number of aromatic nitrogens is 2. The first kappa shape index (κ1) is 16.6. The molecule has 8 heteroatoms. The first-order valence-electron chi connectivity index (χ1n) is 6.84. The Balaban J connectivity index is 2.09. The molecule has 124 valence electrons. The summed E-state index contributed by atoms with van der Waals surface area (Å²) in [6.45, 7) is 0. The van der Waals surface area contributed by atoms with Crippen LogP contribution in [0, 0.1) is 5.82 Å². The summed E-state index contributed by atoms with van der Waals surface area (Å²) in [7, 11) is -0.150. The Morgan fingerprint density at radius 3 is 2.54 bits per heavy atom. The van der Waals surface area contributed by atoms with Gasteiger partial charge in [-0.25, -0.2) is 18.7 Å². The SMILES string of the molecule is COc1ccc(-c2c(Cl)ncn2-c2ccc(S(N)=O)cc2)cc1F. The highest BCUT2D eigenvalue weighted by molar-refractivity contribution is 7.82. The molecule has 2 N–H and O–H groups in total. The molecule has 0 saturated heterocycles. The number of nitrogens with zero attached hydrogens (tertiary/aromatic N) is 2. The zero-order valence-corrected chi connectivity index (χ0v) is 14.1. The first-order valence-corrected chi connectivity index (χ1v) is 8.43. The maximum Gasteiger partial charge on any atom is 0.165 e. The van der Waals surface area contributed by atoms with Crippen molar-refractivity contribution in [3.05, 3.63) is 59.8 Å². The van der Waals surface area contributed by atoms with Crippen LogP contribution in [0.3, 0.4) is 0 Å². The highest BCUT2D eigenvalue weighted by atomic mass is 35.5. The Kier molecular flexibility index (Phi) is 4.66. The van der Waals surface area contributed by atoms with Gasteiger partial charge in [0.25, 0.3) is 0 Å². The molecule has 1 aromatic heterocycles. The summed E-state index contributed by atoms with van der Waals surface area (Å²) in [6, 6.07) is 11.3. The molecule has 1 atom stereocenters. The highest BCUT2D eigenvalue weighted by Crippen LogP contribution is 2.32. The van der Waals surface area contributed by atoms with Gasteiger partial charge in [-0.05, 0) is 42.5 Å². The van der Waals surface area contributed by atoms with E-state index in [2.05, 4.69) is 4.98 Å². The van der Waals surface area contributed by atoms with E-state index in [1.54, 1.807) is 34.9 Å². The van der Waals surface area contributed by atoms with Gasteiger partial charge in [0.1, 0.15) is 17.3 Å². The molecule has 3 rings (SSSR count). The molecule has 0 radical (unpaired) electrons. The number of hydrogen-bond acceptors (Lipinski definition) is 3. The van der Waals surface area contributed by atoms with Gasteiger partial charge in [-0.15, -0.1) is 0 Å². The molecule has 0 saturated carbocycles. The van der Waals surface area contributed by atoms with E-state index in [1.165, 1.54) is 25.6 Å². The van der Waals surface area contributed by atoms with Gasteiger partial charge in [-0.3, -0.25) is 4.57 Å². The topological polar surface area (TPSA) is 70.1 Å². The maximum absolute atomic E-state index is 14.0. The lowest BCUT2D eigenvalue weighted by Crippen LogP contribution is -2.03. The fraction of sp³-hybridized carbons (Fsp3) is 0.0625. The van der Waals surface area contributed by atoms with Gasteiger partial charge in [0.05, 0.1) is 17.7 Å². The molecule has 0 fully saturated rings. The fourth-order valence-electron chi connectivity index (χ4n) is 2.34. The van der Waals surface area contributed by atoms with Gasteiger partial charge in [0, 0.05) is 11.3 Å². The van der Waals surface area contributed by atoms with Crippen LogP contribution in [0.25, 0.3) is 16.9 Å². The van der Waals surface area contributed by atoms with E-state index < -0.39 is 16.8 Å². The van der Waals surface area contributed by atoms with Gasteiger partial charge in [0.15, 0.2) is 16.7 Å². The molecule has 5 nitrogen and oxygen atoms in total. The summed E-state index contributed by atoms with van der Waals surface area (Å²) in [5.41, 5.74) is 1.83. The summed E-state index contributed by atoms with van der Waals surface area (Å²) in [6.07, 6.45) is 1.54. The molecule has 0 bridgehead atoms. The summed E-state index contributed by atoms with van der Waals surface area (Å²) in [5.74, 6) is -0.344. The molecular weight excluding hydrogens is 353 g/mol. The van der Waals surface area contributed by atoms with Crippen LogP contribution in [0.5, 0.6) is 5.75 Å². The Bertz CT molecular complexity index is 912. The van der Waals surface area contributed by atoms with E-state index in [-0.39, 0.29) is 10.9 Å². The summed E-state index contributed by atoms with van der Waals surface area (Å²) in [4.78, 5) is 4.59. The predicted molar refractivity (Wildman–Crippen MR) is 91.1 cm³/mol. The minimum absolute atomic E-state index is 0.149. The van der Waals surface area contributed by atoms with Crippen LogP contribution in [-0.4, -0.2) is 20.9 Å². The van der Waals surface area contributed by atoms with Crippen molar-refractivity contribution in [2.75, 3.05) is 7.11 Å². The second-order valence-corrected chi connectivity index (χ2v) is 6.32. The van der Waals surface area contributed by atoms with Crippen molar-refractivity contribution >= 4 is 22.6 Å². The molecule has 0 aliphatic carbocycles. The molecule has 3 aromatic rings. The van der Waals surface area contributed by atoms with E-state index in [0.29, 0.717) is 16.2 Å². The van der Waals surface area contributed by atoms with Crippen LogP contribution in [-0.2, 0) is 11.0 Å². The van der Waals surface area contributed by atoms with Crippen LogP contribution in [0.2, 0.25) is 5.15 Å². The lowest BCUT2D eigenvalue weighted by molar-refractivity contribution is 0.386. The number of halogens is 2. The van der Waals surface area contributed by atoms with Crippen molar-refractivity contribution in [2.24, 2.45) is 5.14 Å². The van der Waals surface area contributed by atoms with Gasteiger partial charge < -0.3 is 4.74 Å². The summed E-state index contributed by atoms with van der Waals surface area (Å²) >= 11 is 6.18. The van der Waals surface area contributed by atoms with Gasteiger partial charge in [-0.2, -0.15) is 0 Å². The van der Waals surface area contributed by atoms with E-state index in [4.69, 9.17) is 21.5 Å². The zero-order valence-electron chi connectivity index (χ0n) is 12.6. The van der Waals surface area contributed by atoms with Gasteiger partial charge in [-0.1, -0.05) is 11.6 Å². The van der Waals surface area contributed by atoms with Gasteiger partial charge >= 0.3 is 0 Å². The third kappa shape index (κ3) is 3.06. The molecule has 2 aromatic carbocycles. The molecular formula is C16H13ClFN3O2S. The van der Waals surface area contributed by atoms with E-state index in [1.807, 2.05) is 0 Å². The van der Waals surface area contributed by atoms with Crippen LogP contribution in [0.1, 0.15) is 0 Å². The normalized spacial score (nSPS) is 12.2. The van der Waals surface area contributed by atoms with Crippen molar-refractivity contribution in [1.82, 2.24) is 9.55 Å². The number of benzene rings is 2. The standard InChI is InChI=1S/C16H13ClFN3O2S/c1-23-14-7-2-10(8-13(14)18)15-16(17)20-9-21(15)11-3-5-12(6-4-11)24(19)22/h2-9H,19H2,1H3. The number of imidazole rings is 1. The lowest BCUT2D eigenvalue weighted by Gasteiger charge is -2.10. The zero-order chi connectivity index (χ0) is 17.3. The second kappa shape index (κ2) is 6.72. The third-order valence-corrected chi connectivity index (χ3v) is 4.51. The van der Waals surface area contributed by atoms with Crippen LogP contribution >= 0.6 is 11.6 Å². The number of hydrogen-bond donors (Lipinski definition) is 1. The predicted octanol–water partition coefficient (Wildman–Crippen LogP) is 3.32. The van der Waals surface area contributed by atoms with Crippen LogP contribution in [0.4, 0.5) is 4.39 Å². The van der Waals surface area contributed by atoms with Crippen LogP contribution < -0.4 is 9.88 Å². The fourth-order valence-corrected chi connectivity index (χ4v) is 2.98. The first-order chi connectivity index (χ1) is 11.5. The number of rotatable bonds is 4. The average molecular weight is 366 g/mol. The molecule has 0 aliphatic rings. The molecule has 0 aliphatic heterocycles. The van der Waals surface area contributed by atoms with E-state index in [0.717, 1.165) is 5.69 Å². The minimum Gasteiger partial charge on any atom is -0.494 e. The Morgan fingerprint density at radius 2 is 1.96 bits per heavy atom. The van der Waals surface area contributed by atoms with Gasteiger partial charge in [0.2, 0.25) is 0 Å². The highest BCUT2D eigenvalue weighted by Gasteiger charge is 2.15. The quantitative estimate of drug-likeness (QED) is 0.771. The Hall–Kier alpha value is -2.22. The smallest absolute Gasteiger partial charge is 0.165 e. The van der Waals surface area contributed by atoms with E-state index >= 15 is 0 Å². The monoisotopic (exact) mass is 365 g/mol. The second-order valence-electron chi connectivity index (χ2n) is 4.89. The van der Waals surface area contributed by atoms with Crippen molar-refractivity contribution < 1.29 is 13.3 Å². The Labute approximate surface area is 145 Å². The number of ether oxygens (including phenoxy) is 1. The van der Waals surface area contributed by atoms with Crippen molar-refractivity contribution in [2.45, 2.75) is 4.90 Å². The number of nitrogens with two attached hydrogens (primary N) is 1. The molecule has 1 unspecified atom stereocenters. The molecule has 1 heterocycles.